The lowest BCUT2D eigenvalue weighted by molar-refractivity contribution is 0.0900. The number of ether oxygens (including phenoxy) is 1. The third-order valence-electron chi connectivity index (χ3n) is 2.86. The predicted molar refractivity (Wildman–Crippen MR) is 80.4 cm³/mol. The van der Waals surface area contributed by atoms with Crippen LogP contribution in [-0.2, 0) is 4.74 Å². The number of methoxy groups -OCH3 is 1. The summed E-state index contributed by atoms with van der Waals surface area (Å²) < 4.78 is 5.18. The average molecular weight is 311 g/mol. The number of thiazole rings is 1. The zero-order chi connectivity index (χ0) is 14.5. The molecule has 4 nitrogen and oxygen atoms in total. The molecular weight excluding hydrogens is 296 g/mol. The molecule has 0 saturated heterocycles. The van der Waals surface area contributed by atoms with Gasteiger partial charge in [0.25, 0.3) is 5.91 Å². The lowest BCUT2D eigenvalue weighted by Gasteiger charge is -2.18. The summed E-state index contributed by atoms with van der Waals surface area (Å²) in [4.78, 5) is 16.9. The molecule has 1 atom stereocenters. The molecule has 1 amide bonds. The molecule has 1 heterocycles. The van der Waals surface area contributed by atoms with Gasteiger partial charge in [-0.05, 0) is 24.6 Å². The molecule has 1 N–H and O–H groups in total. The Kier molecular flexibility index (Phi) is 5.11. The van der Waals surface area contributed by atoms with Gasteiger partial charge in [-0.3, -0.25) is 4.79 Å². The predicted octanol–water partition coefficient (Wildman–Crippen LogP) is 3.22. The van der Waals surface area contributed by atoms with Crippen molar-refractivity contribution in [3.8, 4) is 0 Å². The maximum absolute atomic E-state index is 12.2. The van der Waals surface area contributed by atoms with Gasteiger partial charge in [0.1, 0.15) is 4.88 Å². The van der Waals surface area contributed by atoms with E-state index in [1.54, 1.807) is 24.8 Å². The summed E-state index contributed by atoms with van der Waals surface area (Å²) in [5, 5.41) is 3.62. The Labute approximate surface area is 126 Å². The highest BCUT2D eigenvalue weighted by Gasteiger charge is 2.18. The van der Waals surface area contributed by atoms with E-state index in [2.05, 4.69) is 10.3 Å². The second-order valence-electron chi connectivity index (χ2n) is 4.30. The lowest BCUT2D eigenvalue weighted by atomic mass is 10.1. The molecule has 0 unspecified atom stereocenters. The van der Waals surface area contributed by atoms with Crippen LogP contribution in [-0.4, -0.2) is 24.6 Å². The van der Waals surface area contributed by atoms with Crippen molar-refractivity contribution in [3.63, 3.8) is 0 Å². The van der Waals surface area contributed by atoms with E-state index >= 15 is 0 Å². The Morgan fingerprint density at radius 2 is 2.15 bits per heavy atom. The standard InChI is InChI=1S/C14H15ClN2O2S/c1-9-13(20-8-16-9)14(18)17-12(7-19-2)10-3-5-11(15)6-4-10/h3-6,8,12H,7H2,1-2H3,(H,17,18)/t12-/m1/s1. The van der Waals surface area contributed by atoms with E-state index in [1.165, 1.54) is 11.3 Å². The Morgan fingerprint density at radius 3 is 2.70 bits per heavy atom. The van der Waals surface area contributed by atoms with Crippen molar-refractivity contribution in [1.82, 2.24) is 10.3 Å². The number of carbonyl (C=O) groups excluding carboxylic acids is 1. The van der Waals surface area contributed by atoms with Crippen LogP contribution >= 0.6 is 22.9 Å². The van der Waals surface area contributed by atoms with Crippen LogP contribution in [0, 0.1) is 6.92 Å². The highest BCUT2D eigenvalue weighted by molar-refractivity contribution is 7.11. The SMILES string of the molecule is COC[C@@H](NC(=O)c1scnc1C)c1ccc(Cl)cc1. The molecule has 0 aliphatic carbocycles. The molecule has 0 aliphatic heterocycles. The van der Waals surface area contributed by atoms with Crippen LogP contribution in [0.15, 0.2) is 29.8 Å². The number of nitrogens with zero attached hydrogens (tertiary/aromatic N) is 1. The Bertz CT molecular complexity index is 583. The molecule has 0 fully saturated rings. The van der Waals surface area contributed by atoms with Crippen LogP contribution < -0.4 is 5.32 Å². The monoisotopic (exact) mass is 310 g/mol. The van der Waals surface area contributed by atoms with Gasteiger partial charge in [0.2, 0.25) is 0 Å². The minimum Gasteiger partial charge on any atom is -0.382 e. The van der Waals surface area contributed by atoms with Crippen LogP contribution in [0.1, 0.15) is 27.0 Å². The fourth-order valence-corrected chi connectivity index (χ4v) is 2.66. The van der Waals surface area contributed by atoms with Crippen LogP contribution in [0.3, 0.4) is 0 Å². The summed E-state index contributed by atoms with van der Waals surface area (Å²) in [5.74, 6) is -0.137. The third-order valence-corrected chi connectivity index (χ3v) is 4.04. The molecule has 2 aromatic rings. The number of aryl methyl sites for hydroxylation is 1. The highest BCUT2D eigenvalue weighted by atomic mass is 35.5. The molecule has 6 heteroatoms. The second-order valence-corrected chi connectivity index (χ2v) is 5.59. The van der Waals surface area contributed by atoms with Crippen molar-refractivity contribution >= 4 is 28.8 Å². The van der Waals surface area contributed by atoms with Gasteiger partial charge < -0.3 is 10.1 Å². The first-order valence-electron chi connectivity index (χ1n) is 6.07. The van der Waals surface area contributed by atoms with Crippen LogP contribution in [0.25, 0.3) is 0 Å². The Hall–Kier alpha value is -1.43. The average Bonchev–Trinajstić information content (AvgIpc) is 2.85. The number of hydrogen-bond donors (Lipinski definition) is 1. The molecule has 0 saturated carbocycles. The summed E-state index contributed by atoms with van der Waals surface area (Å²) in [6.45, 7) is 2.21. The van der Waals surface area contributed by atoms with Gasteiger partial charge in [-0.2, -0.15) is 0 Å². The quantitative estimate of drug-likeness (QED) is 0.922. The smallest absolute Gasteiger partial charge is 0.263 e. The number of hydrogen-bond acceptors (Lipinski definition) is 4. The third kappa shape index (κ3) is 3.56. The van der Waals surface area contributed by atoms with E-state index in [0.717, 1.165) is 11.3 Å². The zero-order valence-electron chi connectivity index (χ0n) is 11.2. The topological polar surface area (TPSA) is 51.2 Å². The molecule has 2 rings (SSSR count). The number of amides is 1. The molecule has 0 radical (unpaired) electrons. The molecule has 20 heavy (non-hydrogen) atoms. The van der Waals surface area contributed by atoms with Crippen molar-refractivity contribution in [2.45, 2.75) is 13.0 Å². The fraction of sp³-hybridized carbons (Fsp3) is 0.286. The summed E-state index contributed by atoms with van der Waals surface area (Å²) in [6, 6.07) is 7.14. The molecule has 0 bridgehead atoms. The molecule has 0 aliphatic rings. The molecule has 0 spiro atoms. The van der Waals surface area contributed by atoms with Gasteiger partial charge in [-0.15, -0.1) is 11.3 Å². The van der Waals surface area contributed by atoms with Crippen molar-refractivity contribution in [1.29, 1.82) is 0 Å². The van der Waals surface area contributed by atoms with Crippen molar-refractivity contribution in [2.75, 3.05) is 13.7 Å². The molecule has 1 aromatic carbocycles. The van der Waals surface area contributed by atoms with Gasteiger partial charge >= 0.3 is 0 Å². The fourth-order valence-electron chi connectivity index (χ4n) is 1.83. The number of halogens is 1. The van der Waals surface area contributed by atoms with Crippen molar-refractivity contribution in [3.05, 3.63) is 50.9 Å². The first kappa shape index (κ1) is 15.0. The van der Waals surface area contributed by atoms with E-state index in [9.17, 15) is 4.79 Å². The summed E-state index contributed by atoms with van der Waals surface area (Å²) in [6.07, 6.45) is 0. The first-order valence-corrected chi connectivity index (χ1v) is 7.33. The zero-order valence-corrected chi connectivity index (χ0v) is 12.8. The Morgan fingerprint density at radius 1 is 1.45 bits per heavy atom. The second kappa shape index (κ2) is 6.83. The van der Waals surface area contributed by atoms with E-state index in [-0.39, 0.29) is 11.9 Å². The van der Waals surface area contributed by atoms with Crippen LogP contribution in [0.4, 0.5) is 0 Å². The molecule has 106 valence electrons. The summed E-state index contributed by atoms with van der Waals surface area (Å²) in [7, 11) is 1.60. The van der Waals surface area contributed by atoms with Crippen molar-refractivity contribution in [2.24, 2.45) is 0 Å². The summed E-state index contributed by atoms with van der Waals surface area (Å²) in [5.41, 5.74) is 3.35. The van der Waals surface area contributed by atoms with E-state index in [1.807, 2.05) is 19.1 Å². The van der Waals surface area contributed by atoms with Gasteiger partial charge in [0.15, 0.2) is 0 Å². The van der Waals surface area contributed by atoms with E-state index < -0.39 is 0 Å². The first-order chi connectivity index (χ1) is 9.61. The van der Waals surface area contributed by atoms with Gasteiger partial charge in [0.05, 0.1) is 23.9 Å². The minimum absolute atomic E-state index is 0.137. The lowest BCUT2D eigenvalue weighted by Crippen LogP contribution is -2.31. The van der Waals surface area contributed by atoms with Gasteiger partial charge in [-0.1, -0.05) is 23.7 Å². The van der Waals surface area contributed by atoms with Gasteiger partial charge in [-0.25, -0.2) is 4.98 Å². The highest BCUT2D eigenvalue weighted by Crippen LogP contribution is 2.19. The Balaban J connectivity index is 2.15. The van der Waals surface area contributed by atoms with Crippen molar-refractivity contribution < 1.29 is 9.53 Å². The number of nitrogens with one attached hydrogen (secondary N) is 1. The van der Waals surface area contributed by atoms with Crippen LogP contribution in [0.2, 0.25) is 5.02 Å². The number of rotatable bonds is 5. The maximum Gasteiger partial charge on any atom is 0.263 e. The number of benzene rings is 1. The minimum atomic E-state index is -0.216. The number of carbonyl (C=O) groups is 1. The molecular formula is C14H15ClN2O2S. The normalized spacial score (nSPS) is 12.2. The maximum atomic E-state index is 12.2. The summed E-state index contributed by atoms with van der Waals surface area (Å²) >= 11 is 7.21. The van der Waals surface area contributed by atoms with Crippen LogP contribution in [0.5, 0.6) is 0 Å². The van der Waals surface area contributed by atoms with E-state index in [0.29, 0.717) is 16.5 Å². The van der Waals surface area contributed by atoms with Gasteiger partial charge in [0, 0.05) is 12.1 Å². The van der Waals surface area contributed by atoms with E-state index in [4.69, 9.17) is 16.3 Å². The largest absolute Gasteiger partial charge is 0.382 e. The number of aromatic nitrogens is 1. The molecule has 1 aromatic heterocycles.